The van der Waals surface area contributed by atoms with Gasteiger partial charge in [-0.25, -0.2) is 9.55 Å². The summed E-state index contributed by atoms with van der Waals surface area (Å²) in [6.45, 7) is 0.743. The number of hydrogen-bond donors (Lipinski definition) is 0. The highest BCUT2D eigenvalue weighted by Gasteiger charge is 2.10. The number of oxazole rings is 1. The first kappa shape index (κ1) is 15.8. The van der Waals surface area contributed by atoms with Gasteiger partial charge >= 0.3 is 0 Å². The number of pyridine rings is 1. The van der Waals surface area contributed by atoms with Crippen LogP contribution in [0.5, 0.6) is 0 Å². The summed E-state index contributed by atoms with van der Waals surface area (Å²) < 4.78 is 7.96. The van der Waals surface area contributed by atoms with E-state index in [0.717, 1.165) is 29.0 Å². The molecule has 2 aromatic carbocycles. The topological polar surface area (TPSA) is 53.7 Å². The molecule has 0 amide bonds. The van der Waals surface area contributed by atoms with Crippen LogP contribution in [0.2, 0.25) is 0 Å². The summed E-state index contributed by atoms with van der Waals surface area (Å²) in [5, 5.41) is 8.86. The molecule has 4 nitrogen and oxygen atoms in total. The van der Waals surface area contributed by atoms with Crippen LogP contribution in [-0.4, -0.2) is 4.98 Å². The second kappa shape index (κ2) is 7.04. The molecule has 2 aromatic heterocycles. The summed E-state index contributed by atoms with van der Waals surface area (Å²) in [4.78, 5) is 4.39. The molecule has 124 valence electrons. The van der Waals surface area contributed by atoms with Gasteiger partial charge in [0.25, 0.3) is 0 Å². The van der Waals surface area contributed by atoms with Gasteiger partial charge in [0.1, 0.15) is 0 Å². The summed E-state index contributed by atoms with van der Waals surface area (Å²) in [6.07, 6.45) is 5.75. The van der Waals surface area contributed by atoms with Crippen molar-refractivity contribution in [2.75, 3.05) is 0 Å². The molecule has 0 aliphatic rings. The fraction of sp³-hybridized carbons (Fsp3) is 0.0455. The Bertz CT molecular complexity index is 1040. The Morgan fingerprint density at radius 1 is 0.885 bits per heavy atom. The third-order valence-corrected chi connectivity index (χ3v) is 4.15. The van der Waals surface area contributed by atoms with Crippen LogP contribution in [0.15, 0.2) is 89.7 Å². The van der Waals surface area contributed by atoms with Gasteiger partial charge in [-0.05, 0) is 12.1 Å². The van der Waals surface area contributed by atoms with E-state index in [4.69, 9.17) is 9.68 Å². The monoisotopic (exact) mass is 338 g/mol. The molecule has 0 aliphatic carbocycles. The average Bonchev–Trinajstić information content (AvgIpc) is 3.20. The molecule has 0 atom stereocenters. The van der Waals surface area contributed by atoms with Crippen LogP contribution in [0.3, 0.4) is 0 Å². The van der Waals surface area contributed by atoms with Crippen molar-refractivity contribution in [3.05, 3.63) is 96.4 Å². The molecule has 26 heavy (non-hydrogen) atoms. The minimum absolute atomic E-state index is 0.606. The number of nitriles is 1. The SMILES string of the molecule is N#Cc1ccc(C[n+]2ccc(-c3ncc(-c4ccccc4)o3)cc2)cc1. The third kappa shape index (κ3) is 3.38. The van der Waals surface area contributed by atoms with Gasteiger partial charge in [-0.2, -0.15) is 5.26 Å². The molecular weight excluding hydrogens is 322 g/mol. The molecule has 4 aromatic rings. The highest BCUT2D eigenvalue weighted by Crippen LogP contribution is 2.25. The van der Waals surface area contributed by atoms with Crippen LogP contribution in [0, 0.1) is 11.3 Å². The van der Waals surface area contributed by atoms with E-state index in [9.17, 15) is 0 Å². The van der Waals surface area contributed by atoms with Crippen LogP contribution < -0.4 is 4.57 Å². The first-order valence-corrected chi connectivity index (χ1v) is 8.31. The predicted octanol–water partition coefficient (Wildman–Crippen LogP) is 4.22. The van der Waals surface area contributed by atoms with E-state index in [1.165, 1.54) is 0 Å². The van der Waals surface area contributed by atoms with Gasteiger partial charge in [0, 0.05) is 28.8 Å². The minimum atomic E-state index is 0.606. The van der Waals surface area contributed by atoms with E-state index in [0.29, 0.717) is 11.5 Å². The summed E-state index contributed by atoms with van der Waals surface area (Å²) >= 11 is 0. The lowest BCUT2D eigenvalue weighted by molar-refractivity contribution is -0.688. The quantitative estimate of drug-likeness (QED) is 0.524. The van der Waals surface area contributed by atoms with Gasteiger partial charge in [-0.3, -0.25) is 0 Å². The normalized spacial score (nSPS) is 10.4. The van der Waals surface area contributed by atoms with Crippen molar-refractivity contribution in [2.45, 2.75) is 6.54 Å². The van der Waals surface area contributed by atoms with Gasteiger partial charge in [0.2, 0.25) is 5.89 Å². The fourth-order valence-electron chi connectivity index (χ4n) is 2.74. The molecule has 0 saturated carbocycles. The number of nitrogens with zero attached hydrogens (tertiary/aromatic N) is 3. The molecule has 2 heterocycles. The van der Waals surface area contributed by atoms with Crippen LogP contribution in [0.4, 0.5) is 0 Å². The molecule has 4 rings (SSSR count). The number of hydrogen-bond acceptors (Lipinski definition) is 3. The van der Waals surface area contributed by atoms with Gasteiger partial charge in [0.05, 0.1) is 17.8 Å². The Balaban J connectivity index is 1.51. The minimum Gasteiger partial charge on any atom is -0.436 e. The highest BCUT2D eigenvalue weighted by atomic mass is 16.4. The fourth-order valence-corrected chi connectivity index (χ4v) is 2.74. The third-order valence-electron chi connectivity index (χ3n) is 4.15. The molecule has 0 unspecified atom stereocenters. The molecule has 0 fully saturated rings. The smallest absolute Gasteiger partial charge is 0.227 e. The zero-order chi connectivity index (χ0) is 17.8. The maximum atomic E-state index is 8.86. The van der Waals surface area contributed by atoms with Crippen molar-refractivity contribution in [1.82, 2.24) is 4.98 Å². The Morgan fingerprint density at radius 2 is 1.62 bits per heavy atom. The van der Waals surface area contributed by atoms with Crippen molar-refractivity contribution in [3.8, 4) is 28.8 Å². The van der Waals surface area contributed by atoms with Gasteiger partial charge in [-0.1, -0.05) is 42.5 Å². The van der Waals surface area contributed by atoms with Crippen LogP contribution in [0.1, 0.15) is 11.1 Å². The van der Waals surface area contributed by atoms with E-state index in [1.54, 1.807) is 6.20 Å². The summed E-state index contributed by atoms with van der Waals surface area (Å²) in [6, 6.07) is 23.7. The molecule has 0 N–H and O–H groups in total. The lowest BCUT2D eigenvalue weighted by atomic mass is 10.1. The van der Waals surface area contributed by atoms with Crippen molar-refractivity contribution in [2.24, 2.45) is 0 Å². The van der Waals surface area contributed by atoms with E-state index in [-0.39, 0.29) is 0 Å². The lowest BCUT2D eigenvalue weighted by Crippen LogP contribution is -2.32. The second-order valence-electron chi connectivity index (χ2n) is 5.96. The zero-order valence-corrected chi connectivity index (χ0v) is 14.0. The summed E-state index contributed by atoms with van der Waals surface area (Å²) in [5.41, 5.74) is 3.76. The first-order valence-electron chi connectivity index (χ1n) is 8.31. The first-order chi connectivity index (χ1) is 12.8. The van der Waals surface area contributed by atoms with Crippen molar-refractivity contribution in [1.29, 1.82) is 5.26 Å². The Hall–Kier alpha value is -3.71. The van der Waals surface area contributed by atoms with E-state index in [1.807, 2.05) is 79.1 Å². The van der Waals surface area contributed by atoms with Gasteiger partial charge < -0.3 is 4.42 Å². The molecule has 0 aliphatic heterocycles. The number of rotatable bonds is 4. The van der Waals surface area contributed by atoms with Crippen molar-refractivity contribution in [3.63, 3.8) is 0 Å². The van der Waals surface area contributed by atoms with Crippen molar-refractivity contribution >= 4 is 0 Å². The van der Waals surface area contributed by atoms with Crippen LogP contribution in [-0.2, 0) is 6.54 Å². The van der Waals surface area contributed by atoms with Gasteiger partial charge in [-0.15, -0.1) is 0 Å². The van der Waals surface area contributed by atoms with Gasteiger partial charge in [0.15, 0.2) is 24.7 Å². The molecule has 0 bridgehead atoms. The molecule has 0 saturated heterocycles. The van der Waals surface area contributed by atoms with E-state index >= 15 is 0 Å². The average molecular weight is 338 g/mol. The zero-order valence-electron chi connectivity index (χ0n) is 14.0. The summed E-state index contributed by atoms with van der Waals surface area (Å²) in [7, 11) is 0. The molecular formula is C22H16N3O+. The van der Waals surface area contributed by atoms with E-state index in [2.05, 4.69) is 15.6 Å². The standard InChI is InChI=1S/C22H16N3O/c23-14-17-6-8-18(9-7-17)16-25-12-10-20(11-13-25)22-24-15-21(26-22)19-4-2-1-3-5-19/h1-13,15H,16H2/q+1. The predicted molar refractivity (Wildman–Crippen MR) is 97.8 cm³/mol. The Labute approximate surface area is 151 Å². The maximum Gasteiger partial charge on any atom is 0.227 e. The molecule has 0 radical (unpaired) electrons. The van der Waals surface area contributed by atoms with E-state index < -0.39 is 0 Å². The Morgan fingerprint density at radius 3 is 2.31 bits per heavy atom. The summed E-state index contributed by atoms with van der Waals surface area (Å²) in [5.74, 6) is 1.37. The van der Waals surface area contributed by atoms with Crippen LogP contribution >= 0.6 is 0 Å². The maximum absolute atomic E-state index is 8.86. The Kier molecular flexibility index (Phi) is 4.28. The highest BCUT2D eigenvalue weighted by molar-refractivity contribution is 5.60. The molecule has 0 spiro atoms. The van der Waals surface area contributed by atoms with Crippen LogP contribution in [0.25, 0.3) is 22.8 Å². The largest absolute Gasteiger partial charge is 0.436 e. The molecule has 4 heteroatoms. The second-order valence-corrected chi connectivity index (χ2v) is 5.96. The number of benzene rings is 2. The number of aromatic nitrogens is 2. The lowest BCUT2D eigenvalue weighted by Gasteiger charge is -1.99. The van der Waals surface area contributed by atoms with Crippen molar-refractivity contribution < 1.29 is 8.98 Å².